The molecule has 1 fully saturated rings. The number of benzene rings is 3. The first-order chi connectivity index (χ1) is 16.3. The summed E-state index contributed by atoms with van der Waals surface area (Å²) < 4.78 is 2.11. The smallest absolute Gasteiger partial charge is 0.113 e. The topological polar surface area (TPSA) is 57.7 Å². The van der Waals surface area contributed by atoms with Gasteiger partial charge in [0, 0.05) is 13.1 Å². The molecule has 1 aliphatic rings. The lowest BCUT2D eigenvalue weighted by atomic mass is 9.72. The van der Waals surface area contributed by atoms with E-state index in [2.05, 4.69) is 62.4 Å². The van der Waals surface area contributed by atoms with Crippen molar-refractivity contribution in [1.29, 1.82) is 5.26 Å². The molecule has 0 atom stereocenters. The molecule has 0 amide bonds. The zero-order valence-corrected chi connectivity index (χ0v) is 18.8. The monoisotopic (exact) mass is 435 g/mol. The number of hydrogen-bond acceptors (Lipinski definition) is 4. The van der Waals surface area contributed by atoms with Gasteiger partial charge in [0.2, 0.25) is 0 Å². The quantitative estimate of drug-likeness (QED) is 0.392. The maximum absolute atomic E-state index is 10.4. The lowest BCUT2D eigenvalue weighted by molar-refractivity contribution is 0.177. The second-order valence-corrected chi connectivity index (χ2v) is 8.95. The number of para-hydroxylation sites is 1. The molecule has 5 heteroatoms. The average molecular weight is 436 g/mol. The lowest BCUT2D eigenvalue weighted by Crippen LogP contribution is -2.36. The Hall–Kier alpha value is -3.49. The number of hydrogen-bond donors (Lipinski definition) is 0. The lowest BCUT2D eigenvalue weighted by Gasteiger charge is -2.33. The summed E-state index contributed by atoms with van der Waals surface area (Å²) in [7, 11) is 0. The summed E-state index contributed by atoms with van der Waals surface area (Å²) in [5.41, 5.74) is 3.64. The van der Waals surface area contributed by atoms with Crippen molar-refractivity contribution in [2.75, 3.05) is 19.6 Å². The standard InChI is InChI=1S/C28H29N5/c29-22-28(23-10-3-1-4-11-23,24-12-5-2-6-13-24)18-9-19-32-20-16-25(17-21-32)33-27-15-8-7-14-26(27)30-31-33/h1-8,10-15,25H,9,16-21H2. The third-order valence-corrected chi connectivity index (χ3v) is 7.03. The summed E-state index contributed by atoms with van der Waals surface area (Å²) in [6.07, 6.45) is 3.95. The average Bonchev–Trinajstić information content (AvgIpc) is 3.33. The Balaban J connectivity index is 1.24. The number of nitrogens with zero attached hydrogens (tertiary/aromatic N) is 5. The molecule has 3 aromatic carbocycles. The van der Waals surface area contributed by atoms with Crippen LogP contribution in [0.15, 0.2) is 84.9 Å². The summed E-state index contributed by atoms with van der Waals surface area (Å²) in [6, 6.07) is 31.8. The molecule has 2 heterocycles. The van der Waals surface area contributed by atoms with Crippen LogP contribution in [-0.4, -0.2) is 39.5 Å². The number of aromatic nitrogens is 3. The molecule has 5 nitrogen and oxygen atoms in total. The van der Waals surface area contributed by atoms with Gasteiger partial charge in [0.25, 0.3) is 0 Å². The molecule has 0 saturated carbocycles. The largest absolute Gasteiger partial charge is 0.303 e. The normalized spacial score (nSPS) is 15.5. The number of fused-ring (bicyclic) bond motifs is 1. The Morgan fingerprint density at radius 3 is 2.09 bits per heavy atom. The van der Waals surface area contributed by atoms with Crippen molar-refractivity contribution in [3.8, 4) is 6.07 Å². The highest BCUT2D eigenvalue weighted by Crippen LogP contribution is 2.36. The fraction of sp³-hybridized carbons (Fsp3) is 0.321. The van der Waals surface area contributed by atoms with E-state index < -0.39 is 5.41 Å². The summed E-state index contributed by atoms with van der Waals surface area (Å²) >= 11 is 0. The molecule has 33 heavy (non-hydrogen) atoms. The van der Waals surface area contributed by atoms with E-state index >= 15 is 0 Å². The molecular formula is C28H29N5. The molecule has 1 aliphatic heterocycles. The molecule has 0 unspecified atom stereocenters. The minimum Gasteiger partial charge on any atom is -0.303 e. The molecule has 0 aliphatic carbocycles. The number of nitriles is 1. The van der Waals surface area contributed by atoms with Gasteiger partial charge in [-0.25, -0.2) is 4.68 Å². The number of rotatable bonds is 7. The number of piperidine rings is 1. The van der Waals surface area contributed by atoms with Crippen LogP contribution in [0.1, 0.15) is 42.9 Å². The van der Waals surface area contributed by atoms with Crippen molar-refractivity contribution < 1.29 is 0 Å². The zero-order chi connectivity index (χ0) is 22.5. The Morgan fingerprint density at radius 2 is 1.45 bits per heavy atom. The van der Waals surface area contributed by atoms with Crippen molar-refractivity contribution in [3.63, 3.8) is 0 Å². The van der Waals surface area contributed by atoms with Crippen molar-refractivity contribution in [3.05, 3.63) is 96.1 Å². The van der Waals surface area contributed by atoms with Gasteiger partial charge in [-0.2, -0.15) is 5.26 Å². The van der Waals surface area contributed by atoms with Gasteiger partial charge in [-0.1, -0.05) is 78.0 Å². The first-order valence-corrected chi connectivity index (χ1v) is 11.8. The fourth-order valence-corrected chi connectivity index (χ4v) is 5.20. The minimum atomic E-state index is -0.611. The maximum atomic E-state index is 10.4. The van der Waals surface area contributed by atoms with Gasteiger partial charge >= 0.3 is 0 Å². The van der Waals surface area contributed by atoms with E-state index in [-0.39, 0.29) is 0 Å². The third-order valence-electron chi connectivity index (χ3n) is 7.03. The fourth-order valence-electron chi connectivity index (χ4n) is 5.20. The van der Waals surface area contributed by atoms with Gasteiger partial charge in [0.05, 0.1) is 17.6 Å². The second-order valence-electron chi connectivity index (χ2n) is 8.95. The van der Waals surface area contributed by atoms with Crippen molar-refractivity contribution in [2.24, 2.45) is 0 Å². The van der Waals surface area contributed by atoms with E-state index in [0.717, 1.165) is 67.5 Å². The molecule has 4 aromatic rings. The summed E-state index contributed by atoms with van der Waals surface area (Å²) in [5, 5.41) is 19.1. The van der Waals surface area contributed by atoms with Crippen LogP contribution in [0.25, 0.3) is 11.0 Å². The Morgan fingerprint density at radius 1 is 0.848 bits per heavy atom. The van der Waals surface area contributed by atoms with Gasteiger partial charge < -0.3 is 4.90 Å². The van der Waals surface area contributed by atoms with E-state index in [1.807, 2.05) is 48.5 Å². The Bertz CT molecular complexity index is 1180. The van der Waals surface area contributed by atoms with E-state index in [9.17, 15) is 5.26 Å². The van der Waals surface area contributed by atoms with Crippen LogP contribution < -0.4 is 0 Å². The van der Waals surface area contributed by atoms with Crippen molar-refractivity contribution >= 4 is 11.0 Å². The van der Waals surface area contributed by atoms with Crippen LogP contribution in [0.3, 0.4) is 0 Å². The molecule has 5 rings (SSSR count). The minimum absolute atomic E-state index is 0.403. The Kier molecular flexibility index (Phi) is 6.19. The first-order valence-electron chi connectivity index (χ1n) is 11.8. The SMILES string of the molecule is N#CC(CCCN1CCC(n2nnc3ccccc32)CC1)(c1ccccc1)c1ccccc1. The van der Waals surface area contributed by atoms with Crippen LogP contribution >= 0.6 is 0 Å². The summed E-state index contributed by atoms with van der Waals surface area (Å²) in [4.78, 5) is 2.54. The highest BCUT2D eigenvalue weighted by Gasteiger charge is 2.34. The maximum Gasteiger partial charge on any atom is 0.113 e. The second kappa shape index (κ2) is 9.56. The zero-order valence-electron chi connectivity index (χ0n) is 18.8. The van der Waals surface area contributed by atoms with E-state index in [1.165, 1.54) is 0 Å². The molecule has 166 valence electrons. The Labute approximate surface area is 195 Å². The molecule has 1 saturated heterocycles. The predicted molar refractivity (Wildman–Crippen MR) is 131 cm³/mol. The van der Waals surface area contributed by atoms with E-state index in [4.69, 9.17) is 0 Å². The van der Waals surface area contributed by atoms with Gasteiger partial charge in [-0.15, -0.1) is 5.10 Å². The highest BCUT2D eigenvalue weighted by molar-refractivity contribution is 5.73. The molecule has 0 spiro atoms. The number of likely N-dealkylation sites (tertiary alicyclic amines) is 1. The van der Waals surface area contributed by atoms with Gasteiger partial charge in [0.15, 0.2) is 0 Å². The third kappa shape index (κ3) is 4.27. The van der Waals surface area contributed by atoms with Gasteiger partial charge in [0.1, 0.15) is 10.9 Å². The van der Waals surface area contributed by atoms with Gasteiger partial charge in [-0.05, 0) is 55.5 Å². The van der Waals surface area contributed by atoms with E-state index in [1.54, 1.807) is 0 Å². The highest BCUT2D eigenvalue weighted by atomic mass is 15.4. The van der Waals surface area contributed by atoms with Crippen molar-refractivity contribution in [1.82, 2.24) is 19.9 Å². The van der Waals surface area contributed by atoms with Crippen LogP contribution in [0.5, 0.6) is 0 Å². The summed E-state index contributed by atoms with van der Waals surface area (Å²) in [5.74, 6) is 0. The van der Waals surface area contributed by atoms with Crippen LogP contribution in [0.2, 0.25) is 0 Å². The molecule has 0 N–H and O–H groups in total. The first kappa shape index (κ1) is 21.4. The molecule has 0 bridgehead atoms. The van der Waals surface area contributed by atoms with E-state index in [0.29, 0.717) is 6.04 Å². The van der Waals surface area contributed by atoms with Crippen LogP contribution in [0, 0.1) is 11.3 Å². The molecular weight excluding hydrogens is 406 g/mol. The molecule has 0 radical (unpaired) electrons. The summed E-state index contributed by atoms with van der Waals surface area (Å²) in [6.45, 7) is 3.11. The van der Waals surface area contributed by atoms with Crippen LogP contribution in [-0.2, 0) is 5.41 Å². The van der Waals surface area contributed by atoms with Crippen LogP contribution in [0.4, 0.5) is 0 Å². The predicted octanol–water partition coefficient (Wildman–Crippen LogP) is 5.36. The van der Waals surface area contributed by atoms with Crippen molar-refractivity contribution in [2.45, 2.75) is 37.1 Å². The molecule has 1 aromatic heterocycles. The van der Waals surface area contributed by atoms with Gasteiger partial charge in [-0.3, -0.25) is 0 Å².